The second-order valence-electron chi connectivity index (χ2n) is 5.58. The van der Waals surface area contributed by atoms with E-state index >= 15 is 0 Å². The summed E-state index contributed by atoms with van der Waals surface area (Å²) in [6, 6.07) is 0. The van der Waals surface area contributed by atoms with Gasteiger partial charge in [0.2, 0.25) is 11.6 Å². The van der Waals surface area contributed by atoms with E-state index in [1.807, 2.05) is 6.92 Å². The minimum absolute atomic E-state index is 0.0751. The summed E-state index contributed by atoms with van der Waals surface area (Å²) in [5.41, 5.74) is 0.186. The maximum absolute atomic E-state index is 11.2. The first kappa shape index (κ1) is 14.5. The van der Waals surface area contributed by atoms with Gasteiger partial charge in [-0.1, -0.05) is 13.8 Å². The van der Waals surface area contributed by atoms with Crippen molar-refractivity contribution in [2.75, 3.05) is 23.7 Å². The fourth-order valence-corrected chi connectivity index (χ4v) is 2.36. The lowest BCUT2D eigenvalue weighted by molar-refractivity contribution is -0.383. The predicted molar refractivity (Wildman–Crippen MR) is 77.8 cm³/mol. The Kier molecular flexibility index (Phi) is 4.06. The monoisotopic (exact) mass is 279 g/mol. The summed E-state index contributed by atoms with van der Waals surface area (Å²) >= 11 is 0. The molecule has 1 aromatic heterocycles. The van der Waals surface area contributed by atoms with Crippen LogP contribution in [0.3, 0.4) is 0 Å². The molecular formula is C13H21N5O2. The van der Waals surface area contributed by atoms with Gasteiger partial charge in [0.1, 0.15) is 6.33 Å². The van der Waals surface area contributed by atoms with E-state index in [1.54, 1.807) is 0 Å². The fourth-order valence-electron chi connectivity index (χ4n) is 2.36. The van der Waals surface area contributed by atoms with Gasteiger partial charge in [-0.15, -0.1) is 0 Å². The molecule has 1 saturated carbocycles. The first-order valence-corrected chi connectivity index (χ1v) is 6.97. The second kappa shape index (κ2) is 5.60. The summed E-state index contributed by atoms with van der Waals surface area (Å²) in [5.74, 6) is 1.13. The van der Waals surface area contributed by atoms with E-state index < -0.39 is 4.92 Å². The Balaban J connectivity index is 2.19. The van der Waals surface area contributed by atoms with Crippen molar-refractivity contribution >= 4 is 17.3 Å². The number of nitrogens with one attached hydrogen (secondary N) is 2. The summed E-state index contributed by atoms with van der Waals surface area (Å²) in [6.07, 6.45) is 3.68. The normalized spacial score (nSPS) is 16.0. The molecule has 0 unspecified atom stereocenters. The Morgan fingerprint density at radius 1 is 1.35 bits per heavy atom. The molecule has 1 fully saturated rings. The van der Waals surface area contributed by atoms with E-state index in [2.05, 4.69) is 34.4 Å². The Bertz CT molecular complexity index is 500. The van der Waals surface area contributed by atoms with Crippen LogP contribution in [0.2, 0.25) is 0 Å². The molecular weight excluding hydrogens is 258 g/mol. The van der Waals surface area contributed by atoms with Crippen LogP contribution in [0.25, 0.3) is 0 Å². The maximum atomic E-state index is 11.2. The third kappa shape index (κ3) is 2.81. The van der Waals surface area contributed by atoms with Gasteiger partial charge in [-0.25, -0.2) is 9.97 Å². The van der Waals surface area contributed by atoms with Crippen LogP contribution in [0.1, 0.15) is 33.6 Å². The summed E-state index contributed by atoms with van der Waals surface area (Å²) in [5, 5.41) is 17.3. The highest BCUT2D eigenvalue weighted by atomic mass is 16.6. The van der Waals surface area contributed by atoms with Crippen LogP contribution < -0.4 is 10.6 Å². The van der Waals surface area contributed by atoms with Gasteiger partial charge in [0.25, 0.3) is 0 Å². The highest BCUT2D eigenvalue weighted by Crippen LogP contribution is 2.51. The third-order valence-corrected chi connectivity index (χ3v) is 4.07. The molecule has 20 heavy (non-hydrogen) atoms. The minimum atomic E-state index is -0.435. The van der Waals surface area contributed by atoms with Gasteiger partial charge in [-0.05, 0) is 31.1 Å². The number of anilines is 2. The maximum Gasteiger partial charge on any atom is 0.353 e. The molecule has 0 amide bonds. The Hall–Kier alpha value is -1.92. The highest BCUT2D eigenvalue weighted by Gasteiger charge is 2.45. The molecule has 2 N–H and O–H groups in total. The summed E-state index contributed by atoms with van der Waals surface area (Å²) in [4.78, 5) is 18.8. The van der Waals surface area contributed by atoms with Crippen molar-refractivity contribution < 1.29 is 4.92 Å². The average molecular weight is 279 g/mol. The van der Waals surface area contributed by atoms with Gasteiger partial charge in [0.05, 0.1) is 4.92 Å². The first-order valence-electron chi connectivity index (χ1n) is 6.97. The van der Waals surface area contributed by atoms with E-state index in [4.69, 9.17) is 0 Å². The quantitative estimate of drug-likeness (QED) is 0.588. The van der Waals surface area contributed by atoms with Crippen LogP contribution in [0, 0.1) is 21.4 Å². The second-order valence-corrected chi connectivity index (χ2v) is 5.58. The van der Waals surface area contributed by atoms with Gasteiger partial charge >= 0.3 is 5.69 Å². The molecule has 0 aromatic carbocycles. The van der Waals surface area contributed by atoms with E-state index in [0.717, 1.165) is 12.8 Å². The standard InChI is InChI=1S/C13H21N5O2/c1-4-14-11-10(18(19)20)12(17-8-16-11)15-7-13(5-6-13)9(2)3/h8-9H,4-7H2,1-3H3,(H2,14,15,16,17). The molecule has 2 rings (SSSR count). The van der Waals surface area contributed by atoms with Crippen molar-refractivity contribution in [2.24, 2.45) is 11.3 Å². The number of rotatable bonds is 7. The van der Waals surface area contributed by atoms with Crippen molar-refractivity contribution in [1.29, 1.82) is 0 Å². The molecule has 1 aliphatic rings. The Morgan fingerprint density at radius 3 is 2.40 bits per heavy atom. The molecule has 0 radical (unpaired) electrons. The molecule has 110 valence electrons. The van der Waals surface area contributed by atoms with Gasteiger partial charge in [0, 0.05) is 13.1 Å². The molecule has 1 aromatic rings. The summed E-state index contributed by atoms with van der Waals surface area (Å²) < 4.78 is 0. The van der Waals surface area contributed by atoms with Crippen molar-refractivity contribution in [1.82, 2.24) is 9.97 Å². The number of nitrogens with zero attached hydrogens (tertiary/aromatic N) is 3. The van der Waals surface area contributed by atoms with Gasteiger partial charge in [-0.2, -0.15) is 0 Å². The largest absolute Gasteiger partial charge is 0.364 e. The lowest BCUT2D eigenvalue weighted by Gasteiger charge is -2.20. The highest BCUT2D eigenvalue weighted by molar-refractivity contribution is 5.69. The van der Waals surface area contributed by atoms with Crippen LogP contribution >= 0.6 is 0 Å². The van der Waals surface area contributed by atoms with Gasteiger partial charge < -0.3 is 10.6 Å². The summed E-state index contributed by atoms with van der Waals surface area (Å²) in [6.45, 7) is 7.54. The molecule has 0 atom stereocenters. The zero-order chi connectivity index (χ0) is 14.8. The van der Waals surface area contributed by atoms with Crippen LogP contribution in [0.5, 0.6) is 0 Å². The number of hydrogen-bond acceptors (Lipinski definition) is 6. The molecule has 0 saturated heterocycles. The number of nitro groups is 1. The molecule has 7 nitrogen and oxygen atoms in total. The van der Waals surface area contributed by atoms with Crippen molar-refractivity contribution in [3.05, 3.63) is 16.4 Å². The Morgan fingerprint density at radius 2 is 1.95 bits per heavy atom. The molecule has 0 bridgehead atoms. The zero-order valence-corrected chi connectivity index (χ0v) is 12.1. The van der Waals surface area contributed by atoms with E-state index in [1.165, 1.54) is 6.33 Å². The molecule has 0 aliphatic heterocycles. The minimum Gasteiger partial charge on any atom is -0.364 e. The number of hydrogen-bond donors (Lipinski definition) is 2. The lowest BCUT2D eigenvalue weighted by atomic mass is 9.92. The molecule has 1 aliphatic carbocycles. The zero-order valence-electron chi connectivity index (χ0n) is 12.1. The van der Waals surface area contributed by atoms with Crippen LogP contribution in [0.4, 0.5) is 17.3 Å². The van der Waals surface area contributed by atoms with Crippen LogP contribution in [-0.2, 0) is 0 Å². The third-order valence-electron chi connectivity index (χ3n) is 4.07. The SMILES string of the molecule is CCNc1ncnc(NCC2(C(C)C)CC2)c1[N+](=O)[O-]. The number of aromatic nitrogens is 2. The van der Waals surface area contributed by atoms with E-state index in [-0.39, 0.29) is 16.9 Å². The van der Waals surface area contributed by atoms with E-state index in [9.17, 15) is 10.1 Å². The predicted octanol–water partition coefficient (Wildman–Crippen LogP) is 2.66. The van der Waals surface area contributed by atoms with Gasteiger partial charge in [-0.3, -0.25) is 10.1 Å². The van der Waals surface area contributed by atoms with Crippen molar-refractivity contribution in [3.8, 4) is 0 Å². The van der Waals surface area contributed by atoms with E-state index in [0.29, 0.717) is 24.8 Å². The van der Waals surface area contributed by atoms with Crippen LogP contribution in [-0.4, -0.2) is 28.0 Å². The lowest BCUT2D eigenvalue weighted by Crippen LogP contribution is -2.22. The van der Waals surface area contributed by atoms with Crippen molar-refractivity contribution in [3.63, 3.8) is 0 Å². The first-order chi connectivity index (χ1) is 9.50. The van der Waals surface area contributed by atoms with Crippen molar-refractivity contribution in [2.45, 2.75) is 33.6 Å². The molecule has 0 spiro atoms. The van der Waals surface area contributed by atoms with Gasteiger partial charge in [0.15, 0.2) is 0 Å². The molecule has 7 heteroatoms. The van der Waals surface area contributed by atoms with Crippen LogP contribution in [0.15, 0.2) is 6.33 Å². The summed E-state index contributed by atoms with van der Waals surface area (Å²) in [7, 11) is 0. The fraction of sp³-hybridized carbons (Fsp3) is 0.692. The Labute approximate surface area is 118 Å². The topological polar surface area (TPSA) is 93.0 Å². The smallest absolute Gasteiger partial charge is 0.353 e. The average Bonchev–Trinajstić information content (AvgIpc) is 3.17. The molecule has 1 heterocycles.